The second-order valence-electron chi connectivity index (χ2n) is 4.17. The molecule has 0 saturated heterocycles. The van der Waals surface area contributed by atoms with Crippen LogP contribution >= 0.6 is 0 Å². The Hall–Kier alpha value is -2.24. The average molecular weight is 455 g/mol. The van der Waals surface area contributed by atoms with Crippen LogP contribution in [-0.2, 0) is 9.47 Å². The van der Waals surface area contributed by atoms with Gasteiger partial charge in [0.05, 0.1) is 0 Å². The topological polar surface area (TPSA) is 67.2 Å². The SMILES string of the molecule is [N-]=[N+]=NC(F)(F)C(F)(F)C(F)(F)OC(F)(C(F)(F)F)C(F)(F)OC(F)=C(F)F. The Morgan fingerprint density at radius 1 is 0.750 bits per heavy atom. The van der Waals surface area contributed by atoms with Crippen LogP contribution in [0.4, 0.5) is 65.9 Å². The van der Waals surface area contributed by atoms with Gasteiger partial charge in [-0.15, -0.1) is 0 Å². The van der Waals surface area contributed by atoms with Crippen molar-refractivity contribution in [3.63, 3.8) is 0 Å². The molecule has 28 heavy (non-hydrogen) atoms. The van der Waals surface area contributed by atoms with Crippen LogP contribution in [0, 0.1) is 0 Å². The third-order valence-electron chi connectivity index (χ3n) is 2.29. The summed E-state index contributed by atoms with van der Waals surface area (Å²) in [4.78, 5) is 0.918. The van der Waals surface area contributed by atoms with E-state index >= 15 is 0 Å². The summed E-state index contributed by atoms with van der Waals surface area (Å²) in [6, 6.07) is -10.7. The van der Waals surface area contributed by atoms with Crippen LogP contribution < -0.4 is 0 Å². The minimum absolute atomic E-state index is 0.769. The molecule has 0 aliphatic carbocycles. The quantitative estimate of drug-likeness (QED) is 0.112. The molecule has 0 aromatic rings. The second kappa shape index (κ2) is 7.30. The molecular weight excluding hydrogens is 455 g/mol. The summed E-state index contributed by atoms with van der Waals surface area (Å²) in [5.74, 6) is -15.0. The van der Waals surface area contributed by atoms with Crippen LogP contribution in [0.5, 0.6) is 0 Å². The van der Waals surface area contributed by atoms with Gasteiger partial charge in [0.25, 0.3) is 0 Å². The van der Waals surface area contributed by atoms with E-state index in [9.17, 15) is 65.9 Å². The summed E-state index contributed by atoms with van der Waals surface area (Å²) in [6.07, 6.45) is -26.5. The van der Waals surface area contributed by atoms with Crippen LogP contribution in [-0.4, -0.2) is 36.2 Å². The van der Waals surface area contributed by atoms with Crippen molar-refractivity contribution in [3.8, 4) is 0 Å². The zero-order valence-electron chi connectivity index (χ0n) is 11.8. The van der Waals surface area contributed by atoms with Crippen molar-refractivity contribution in [1.29, 1.82) is 0 Å². The number of alkyl halides is 12. The predicted molar refractivity (Wildman–Crippen MR) is 51.3 cm³/mol. The van der Waals surface area contributed by atoms with Gasteiger partial charge in [0.15, 0.2) is 0 Å². The minimum atomic E-state index is -7.61. The van der Waals surface area contributed by atoms with Gasteiger partial charge in [0.1, 0.15) is 0 Å². The fraction of sp³-hybridized carbons (Fsp3) is 0.750. The van der Waals surface area contributed by atoms with E-state index in [1.165, 1.54) is 4.74 Å². The molecule has 0 aliphatic heterocycles. The van der Waals surface area contributed by atoms with Gasteiger partial charge in [0, 0.05) is 4.91 Å². The summed E-state index contributed by atoms with van der Waals surface area (Å²) < 4.78 is 193. The normalized spacial score (nSPS) is 16.1. The monoisotopic (exact) mass is 455 g/mol. The molecule has 0 aromatic carbocycles. The Balaban J connectivity index is 6.43. The first kappa shape index (κ1) is 25.8. The van der Waals surface area contributed by atoms with Gasteiger partial charge >= 0.3 is 48.3 Å². The molecule has 0 fully saturated rings. The van der Waals surface area contributed by atoms with Gasteiger partial charge in [-0.2, -0.15) is 65.9 Å². The smallest absolute Gasteiger partial charge is 0.398 e. The predicted octanol–water partition coefficient (Wildman–Crippen LogP) is 6.01. The molecule has 1 unspecified atom stereocenters. The van der Waals surface area contributed by atoms with Crippen LogP contribution in [0.25, 0.3) is 10.4 Å². The van der Waals surface area contributed by atoms with E-state index in [1.807, 2.05) is 4.74 Å². The van der Waals surface area contributed by atoms with Gasteiger partial charge in [-0.1, -0.05) is 0 Å². The molecule has 0 aliphatic rings. The molecule has 5 nitrogen and oxygen atoms in total. The maximum absolute atomic E-state index is 13.5. The van der Waals surface area contributed by atoms with E-state index in [2.05, 4.69) is 0 Å². The van der Waals surface area contributed by atoms with Crippen LogP contribution in [0.3, 0.4) is 0 Å². The summed E-state index contributed by atoms with van der Waals surface area (Å²) in [7, 11) is 0. The van der Waals surface area contributed by atoms with Crippen LogP contribution in [0.1, 0.15) is 0 Å². The van der Waals surface area contributed by atoms with Gasteiger partial charge in [-0.25, -0.2) is 0 Å². The Morgan fingerprint density at radius 2 is 1.18 bits per heavy atom. The zero-order valence-corrected chi connectivity index (χ0v) is 11.8. The lowest BCUT2D eigenvalue weighted by Gasteiger charge is -2.38. The number of halogens is 15. The average Bonchev–Trinajstić information content (AvgIpc) is 2.44. The Labute approximate surface area is 140 Å². The molecule has 0 saturated carbocycles. The van der Waals surface area contributed by atoms with Gasteiger partial charge < -0.3 is 4.74 Å². The number of hydrogen-bond donors (Lipinski definition) is 0. The molecule has 0 radical (unpaired) electrons. The second-order valence-corrected chi connectivity index (χ2v) is 4.17. The third-order valence-corrected chi connectivity index (χ3v) is 2.29. The number of ether oxygens (including phenoxy) is 2. The molecule has 164 valence electrons. The molecule has 0 aromatic heterocycles. The van der Waals surface area contributed by atoms with E-state index in [1.54, 1.807) is 0 Å². The number of nitrogens with zero attached hydrogens (tertiary/aromatic N) is 3. The van der Waals surface area contributed by atoms with Gasteiger partial charge in [0.2, 0.25) is 0 Å². The molecule has 0 heterocycles. The number of rotatable bonds is 8. The number of hydrogen-bond acceptors (Lipinski definition) is 3. The molecule has 20 heteroatoms. The highest BCUT2D eigenvalue weighted by Gasteiger charge is 2.83. The van der Waals surface area contributed by atoms with E-state index in [-0.39, 0.29) is 0 Å². The fourth-order valence-corrected chi connectivity index (χ4v) is 1.03. The van der Waals surface area contributed by atoms with E-state index < -0.39 is 48.3 Å². The van der Waals surface area contributed by atoms with Crippen molar-refractivity contribution in [1.82, 2.24) is 0 Å². The van der Waals surface area contributed by atoms with E-state index in [4.69, 9.17) is 5.53 Å². The van der Waals surface area contributed by atoms with E-state index in [0.717, 1.165) is 10.0 Å². The molecular formula is C8F15N3O2. The molecule has 0 bridgehead atoms. The van der Waals surface area contributed by atoms with Crippen molar-refractivity contribution in [3.05, 3.63) is 22.5 Å². The first-order chi connectivity index (χ1) is 12.1. The minimum Gasteiger partial charge on any atom is -0.398 e. The molecule has 0 rings (SSSR count). The van der Waals surface area contributed by atoms with Crippen molar-refractivity contribution >= 4 is 0 Å². The maximum atomic E-state index is 13.5. The number of azide groups is 1. The van der Waals surface area contributed by atoms with Gasteiger partial charge in [-0.3, -0.25) is 4.74 Å². The standard InChI is InChI=1S/C8F15N3O2/c9-1(10)2(11)27-8(22,23)4(14,5(15,16)17)28-7(20,21)3(12,13)6(18,19)25-26-24. The highest BCUT2D eigenvalue weighted by Crippen LogP contribution is 2.55. The maximum Gasteiger partial charge on any atom is 0.471 e. The van der Waals surface area contributed by atoms with E-state index in [0.29, 0.717) is 0 Å². The lowest BCUT2D eigenvalue weighted by Crippen LogP contribution is -2.65. The van der Waals surface area contributed by atoms with Crippen molar-refractivity contribution in [2.45, 2.75) is 36.2 Å². The lowest BCUT2D eigenvalue weighted by molar-refractivity contribution is -0.526. The molecule has 1 atom stereocenters. The highest BCUT2D eigenvalue weighted by atomic mass is 19.4. The van der Waals surface area contributed by atoms with Crippen LogP contribution in [0.15, 0.2) is 17.2 Å². The summed E-state index contributed by atoms with van der Waals surface area (Å²) >= 11 is 0. The Bertz CT molecular complexity index is 663. The van der Waals surface area contributed by atoms with Crippen molar-refractivity contribution in [2.24, 2.45) is 5.11 Å². The highest BCUT2D eigenvalue weighted by molar-refractivity contribution is 4.97. The summed E-state index contributed by atoms with van der Waals surface area (Å²) in [5, 5.41) is 0.769. The zero-order chi connectivity index (χ0) is 23.0. The fourth-order valence-electron chi connectivity index (χ4n) is 1.03. The molecule has 0 amide bonds. The Kier molecular flexibility index (Phi) is 6.72. The summed E-state index contributed by atoms with van der Waals surface area (Å²) in [5.41, 5.74) is 7.52. The molecule has 0 spiro atoms. The first-order valence-electron chi connectivity index (χ1n) is 5.52. The molecule has 0 N–H and O–H groups in total. The lowest BCUT2D eigenvalue weighted by atomic mass is 10.2. The van der Waals surface area contributed by atoms with Gasteiger partial charge in [-0.05, 0) is 10.6 Å². The largest absolute Gasteiger partial charge is 0.471 e. The van der Waals surface area contributed by atoms with Crippen molar-refractivity contribution in [2.75, 3.05) is 0 Å². The van der Waals surface area contributed by atoms with Crippen LogP contribution in [0.2, 0.25) is 0 Å². The first-order valence-corrected chi connectivity index (χ1v) is 5.52. The summed E-state index contributed by atoms with van der Waals surface area (Å²) in [6.45, 7) is 0. The third kappa shape index (κ3) is 4.42. The Morgan fingerprint density at radius 3 is 1.50 bits per heavy atom. The van der Waals surface area contributed by atoms with Crippen molar-refractivity contribution < 1.29 is 75.3 Å².